The van der Waals surface area contributed by atoms with E-state index in [0.717, 1.165) is 5.56 Å². The SMILES string of the molecule is Cn1cc([C@]2(C)CN(c3nccnc3C#N)CCO2)cn1. The van der Waals surface area contributed by atoms with Crippen molar-refractivity contribution in [1.29, 1.82) is 5.26 Å². The molecule has 7 nitrogen and oxygen atoms in total. The van der Waals surface area contributed by atoms with Crippen molar-refractivity contribution in [3.05, 3.63) is 36.0 Å². The number of ether oxygens (including phenoxy) is 1. The van der Waals surface area contributed by atoms with Crippen LogP contribution < -0.4 is 4.90 Å². The molecule has 0 spiro atoms. The first-order valence-corrected chi connectivity index (χ1v) is 6.71. The molecule has 0 N–H and O–H groups in total. The van der Waals surface area contributed by atoms with E-state index in [-0.39, 0.29) is 0 Å². The molecule has 2 aromatic rings. The molecule has 3 rings (SSSR count). The summed E-state index contributed by atoms with van der Waals surface area (Å²) in [5, 5.41) is 13.4. The van der Waals surface area contributed by atoms with Crippen LogP contribution in [0.15, 0.2) is 24.8 Å². The maximum Gasteiger partial charge on any atom is 0.183 e. The molecule has 0 bridgehead atoms. The third-order valence-corrected chi connectivity index (χ3v) is 3.67. The van der Waals surface area contributed by atoms with Gasteiger partial charge in [0.15, 0.2) is 11.5 Å². The fourth-order valence-electron chi connectivity index (χ4n) is 2.56. The number of nitriles is 1. The van der Waals surface area contributed by atoms with Crippen molar-refractivity contribution < 1.29 is 4.74 Å². The fourth-order valence-corrected chi connectivity index (χ4v) is 2.56. The van der Waals surface area contributed by atoms with Crippen molar-refractivity contribution in [2.45, 2.75) is 12.5 Å². The van der Waals surface area contributed by atoms with E-state index in [9.17, 15) is 5.26 Å². The van der Waals surface area contributed by atoms with Crippen molar-refractivity contribution in [3.63, 3.8) is 0 Å². The van der Waals surface area contributed by atoms with E-state index in [0.29, 0.717) is 31.2 Å². The molecule has 0 saturated carbocycles. The number of aromatic nitrogens is 4. The predicted octanol–water partition coefficient (Wildman–Crippen LogP) is 0.834. The van der Waals surface area contributed by atoms with Crippen LogP contribution in [0, 0.1) is 11.3 Å². The van der Waals surface area contributed by atoms with Gasteiger partial charge in [0, 0.05) is 37.7 Å². The second kappa shape index (κ2) is 5.14. The number of morpholine rings is 1. The monoisotopic (exact) mass is 284 g/mol. The normalized spacial score (nSPS) is 22.0. The van der Waals surface area contributed by atoms with Gasteiger partial charge < -0.3 is 9.64 Å². The molecule has 1 saturated heterocycles. The number of anilines is 1. The lowest BCUT2D eigenvalue weighted by Crippen LogP contribution is -2.48. The summed E-state index contributed by atoms with van der Waals surface area (Å²) < 4.78 is 7.72. The van der Waals surface area contributed by atoms with Gasteiger partial charge in [0.05, 0.1) is 19.3 Å². The maximum atomic E-state index is 9.18. The highest BCUT2D eigenvalue weighted by atomic mass is 16.5. The average molecular weight is 284 g/mol. The first-order valence-electron chi connectivity index (χ1n) is 6.71. The molecule has 0 amide bonds. The van der Waals surface area contributed by atoms with Gasteiger partial charge in [-0.3, -0.25) is 4.68 Å². The Morgan fingerprint density at radius 3 is 2.90 bits per heavy atom. The van der Waals surface area contributed by atoms with E-state index >= 15 is 0 Å². The highest BCUT2D eigenvalue weighted by Crippen LogP contribution is 2.31. The quantitative estimate of drug-likeness (QED) is 0.812. The molecule has 0 radical (unpaired) electrons. The molecular formula is C14H16N6O. The first kappa shape index (κ1) is 13.5. The molecule has 0 aromatic carbocycles. The number of aryl methyl sites for hydroxylation is 1. The van der Waals surface area contributed by atoms with Gasteiger partial charge >= 0.3 is 0 Å². The van der Waals surface area contributed by atoms with Gasteiger partial charge in [0.25, 0.3) is 0 Å². The van der Waals surface area contributed by atoms with Gasteiger partial charge in [-0.05, 0) is 6.92 Å². The van der Waals surface area contributed by atoms with E-state index < -0.39 is 5.60 Å². The Bertz CT molecular complexity index is 691. The van der Waals surface area contributed by atoms with Crippen LogP contribution in [0.1, 0.15) is 18.2 Å². The first-order chi connectivity index (χ1) is 10.1. The van der Waals surface area contributed by atoms with Crippen LogP contribution in [-0.4, -0.2) is 39.4 Å². The molecule has 3 heterocycles. The van der Waals surface area contributed by atoms with Crippen molar-refractivity contribution in [3.8, 4) is 6.07 Å². The third kappa shape index (κ3) is 2.45. The fraction of sp³-hybridized carbons (Fsp3) is 0.429. The Balaban J connectivity index is 1.91. The molecular weight excluding hydrogens is 268 g/mol. The second-order valence-corrected chi connectivity index (χ2v) is 5.24. The van der Waals surface area contributed by atoms with Crippen molar-refractivity contribution in [2.75, 3.05) is 24.6 Å². The molecule has 108 valence electrons. The molecule has 0 aliphatic carbocycles. The lowest BCUT2D eigenvalue weighted by molar-refractivity contribution is -0.0468. The molecule has 1 fully saturated rings. The van der Waals surface area contributed by atoms with E-state index in [1.807, 2.05) is 31.3 Å². The van der Waals surface area contributed by atoms with E-state index in [1.165, 1.54) is 6.20 Å². The van der Waals surface area contributed by atoms with Crippen LogP contribution in [0.3, 0.4) is 0 Å². The zero-order valence-electron chi connectivity index (χ0n) is 12.0. The summed E-state index contributed by atoms with van der Waals surface area (Å²) in [7, 11) is 1.88. The summed E-state index contributed by atoms with van der Waals surface area (Å²) in [6.07, 6.45) is 6.90. The average Bonchev–Trinajstić information content (AvgIpc) is 2.95. The Kier molecular flexibility index (Phi) is 3.31. The number of hydrogen-bond acceptors (Lipinski definition) is 6. The van der Waals surface area contributed by atoms with Gasteiger partial charge in [-0.1, -0.05) is 0 Å². The molecule has 21 heavy (non-hydrogen) atoms. The summed E-state index contributed by atoms with van der Waals surface area (Å²) in [4.78, 5) is 10.4. The van der Waals surface area contributed by atoms with Crippen LogP contribution in [0.2, 0.25) is 0 Å². The minimum absolute atomic E-state index is 0.341. The van der Waals surface area contributed by atoms with Crippen molar-refractivity contribution in [1.82, 2.24) is 19.7 Å². The predicted molar refractivity (Wildman–Crippen MR) is 75.5 cm³/mol. The van der Waals surface area contributed by atoms with Gasteiger partial charge in [0.1, 0.15) is 11.7 Å². The molecule has 7 heteroatoms. The van der Waals surface area contributed by atoms with Crippen LogP contribution in [0.4, 0.5) is 5.82 Å². The minimum Gasteiger partial charge on any atom is -0.367 e. The Morgan fingerprint density at radius 2 is 2.19 bits per heavy atom. The summed E-state index contributed by atoms with van der Waals surface area (Å²) in [6, 6.07) is 2.09. The minimum atomic E-state index is -0.475. The molecule has 1 atom stereocenters. The van der Waals surface area contributed by atoms with Crippen LogP contribution in [0.25, 0.3) is 0 Å². The zero-order valence-corrected chi connectivity index (χ0v) is 12.0. The van der Waals surface area contributed by atoms with Gasteiger partial charge in [-0.15, -0.1) is 0 Å². The number of rotatable bonds is 2. The Morgan fingerprint density at radius 1 is 1.38 bits per heavy atom. The summed E-state index contributed by atoms with van der Waals surface area (Å²) in [5.41, 5.74) is 0.876. The lowest BCUT2D eigenvalue weighted by Gasteiger charge is -2.40. The highest BCUT2D eigenvalue weighted by Gasteiger charge is 2.36. The van der Waals surface area contributed by atoms with E-state index in [2.05, 4.69) is 21.1 Å². The topological polar surface area (TPSA) is 79.9 Å². The third-order valence-electron chi connectivity index (χ3n) is 3.67. The van der Waals surface area contributed by atoms with Gasteiger partial charge in [-0.25, -0.2) is 9.97 Å². The van der Waals surface area contributed by atoms with Crippen LogP contribution >= 0.6 is 0 Å². The second-order valence-electron chi connectivity index (χ2n) is 5.24. The maximum absolute atomic E-state index is 9.18. The number of nitrogens with zero attached hydrogens (tertiary/aromatic N) is 6. The van der Waals surface area contributed by atoms with Crippen LogP contribution in [-0.2, 0) is 17.4 Å². The van der Waals surface area contributed by atoms with Gasteiger partial charge in [-0.2, -0.15) is 10.4 Å². The lowest BCUT2D eigenvalue weighted by atomic mass is 9.97. The van der Waals surface area contributed by atoms with Crippen LogP contribution in [0.5, 0.6) is 0 Å². The Labute approximate surface area is 122 Å². The smallest absolute Gasteiger partial charge is 0.183 e. The zero-order chi connectivity index (χ0) is 14.9. The van der Waals surface area contributed by atoms with Gasteiger partial charge in [0.2, 0.25) is 0 Å². The number of hydrogen-bond donors (Lipinski definition) is 0. The summed E-state index contributed by atoms with van der Waals surface area (Å²) in [6.45, 7) is 3.88. The van der Waals surface area contributed by atoms with Crippen molar-refractivity contribution >= 4 is 5.82 Å². The largest absolute Gasteiger partial charge is 0.367 e. The van der Waals surface area contributed by atoms with E-state index in [4.69, 9.17) is 4.74 Å². The Hall–Kier alpha value is -2.46. The summed E-state index contributed by atoms with van der Waals surface area (Å²) in [5.74, 6) is 0.610. The molecule has 2 aromatic heterocycles. The molecule has 0 unspecified atom stereocenters. The molecule has 1 aliphatic heterocycles. The van der Waals surface area contributed by atoms with Crippen molar-refractivity contribution in [2.24, 2.45) is 7.05 Å². The standard InChI is InChI=1S/C14H16N6O/c1-14(11-8-18-19(2)9-11)10-20(5-6-21-14)13-12(7-15)16-3-4-17-13/h3-4,8-9H,5-6,10H2,1-2H3/t14-/m0/s1. The molecule has 1 aliphatic rings. The summed E-state index contributed by atoms with van der Waals surface area (Å²) >= 11 is 0. The van der Waals surface area contributed by atoms with E-state index in [1.54, 1.807) is 10.9 Å². The highest BCUT2D eigenvalue weighted by molar-refractivity contribution is 5.50.